The number of nitrogens with zero attached hydrogens (tertiary/aromatic N) is 1. The fourth-order valence-electron chi connectivity index (χ4n) is 1.94. The number of likely N-dealkylation sites (tertiary alicyclic amines) is 1. The molecule has 1 aromatic rings. The van der Waals surface area contributed by atoms with E-state index < -0.39 is 0 Å². The molecule has 0 bridgehead atoms. The summed E-state index contributed by atoms with van der Waals surface area (Å²) in [5.41, 5.74) is 0. The van der Waals surface area contributed by atoms with Crippen LogP contribution in [0, 0.1) is 0 Å². The van der Waals surface area contributed by atoms with Crippen LogP contribution in [0.5, 0.6) is 5.75 Å². The normalized spacial score (nSPS) is 16.5. The predicted octanol–water partition coefficient (Wildman–Crippen LogP) is 2.46. The number of hydrogen-bond acceptors (Lipinski definition) is 3. The van der Waals surface area contributed by atoms with Gasteiger partial charge in [-0.15, -0.1) is 0 Å². The van der Waals surface area contributed by atoms with Gasteiger partial charge in [0.1, 0.15) is 5.75 Å². The fourth-order valence-corrected chi connectivity index (χ4v) is 2.67. The second-order valence-electron chi connectivity index (χ2n) is 4.48. The zero-order chi connectivity index (χ0) is 13.8. The number of rotatable bonds is 3. The Kier molecular flexibility index (Phi) is 5.07. The zero-order valence-electron chi connectivity index (χ0n) is 10.3. The van der Waals surface area contributed by atoms with E-state index in [0.717, 1.165) is 4.47 Å². The Morgan fingerprint density at radius 1 is 1.47 bits per heavy atom. The lowest BCUT2D eigenvalue weighted by molar-refractivity contribution is -0.135. The standard InChI is InChI=1S/C13H15BrClNO3/c14-9-1-2-12(11(15)7-9)19-8-13(18)16-5-3-10(17)4-6-16/h1-2,7,10,17H,3-6,8H2. The molecule has 2 rings (SSSR count). The Morgan fingerprint density at radius 3 is 2.79 bits per heavy atom. The second kappa shape index (κ2) is 6.59. The summed E-state index contributed by atoms with van der Waals surface area (Å²) in [6.45, 7) is 1.13. The van der Waals surface area contributed by atoms with Crippen molar-refractivity contribution in [3.05, 3.63) is 27.7 Å². The molecule has 19 heavy (non-hydrogen) atoms. The van der Waals surface area contributed by atoms with Crippen molar-refractivity contribution >= 4 is 33.4 Å². The van der Waals surface area contributed by atoms with Gasteiger partial charge in [-0.3, -0.25) is 4.79 Å². The van der Waals surface area contributed by atoms with Crippen molar-refractivity contribution in [2.24, 2.45) is 0 Å². The minimum Gasteiger partial charge on any atom is -0.482 e. The highest BCUT2D eigenvalue weighted by atomic mass is 79.9. The van der Waals surface area contributed by atoms with Crippen LogP contribution in [0.1, 0.15) is 12.8 Å². The molecule has 104 valence electrons. The van der Waals surface area contributed by atoms with Gasteiger partial charge >= 0.3 is 0 Å². The average Bonchev–Trinajstić information content (AvgIpc) is 2.38. The van der Waals surface area contributed by atoms with E-state index in [-0.39, 0.29) is 18.6 Å². The van der Waals surface area contributed by atoms with Crippen LogP contribution in [0.4, 0.5) is 0 Å². The summed E-state index contributed by atoms with van der Waals surface area (Å²) >= 11 is 9.31. The van der Waals surface area contributed by atoms with Crippen molar-refractivity contribution in [2.45, 2.75) is 18.9 Å². The van der Waals surface area contributed by atoms with E-state index >= 15 is 0 Å². The SMILES string of the molecule is O=C(COc1ccc(Br)cc1Cl)N1CCC(O)CC1. The van der Waals surface area contributed by atoms with Gasteiger partial charge in [0.25, 0.3) is 5.91 Å². The highest BCUT2D eigenvalue weighted by Crippen LogP contribution is 2.27. The number of hydrogen-bond donors (Lipinski definition) is 1. The van der Waals surface area contributed by atoms with Gasteiger partial charge in [-0.2, -0.15) is 0 Å². The number of aliphatic hydroxyl groups is 1. The molecule has 0 spiro atoms. The van der Waals surface area contributed by atoms with E-state index in [4.69, 9.17) is 16.3 Å². The predicted molar refractivity (Wildman–Crippen MR) is 76.5 cm³/mol. The minimum absolute atomic E-state index is 0.0303. The first-order chi connectivity index (χ1) is 9.06. The van der Waals surface area contributed by atoms with Crippen LogP contribution in [0.25, 0.3) is 0 Å². The molecule has 0 aliphatic carbocycles. The summed E-state index contributed by atoms with van der Waals surface area (Å²) in [6.07, 6.45) is 0.973. The third-order valence-electron chi connectivity index (χ3n) is 3.06. The van der Waals surface area contributed by atoms with Gasteiger partial charge in [0.15, 0.2) is 6.61 Å². The van der Waals surface area contributed by atoms with Crippen LogP contribution in [-0.2, 0) is 4.79 Å². The molecule has 1 aromatic carbocycles. The third kappa shape index (κ3) is 4.09. The van der Waals surface area contributed by atoms with Crippen LogP contribution in [-0.4, -0.2) is 41.7 Å². The summed E-state index contributed by atoms with van der Waals surface area (Å²) in [7, 11) is 0. The second-order valence-corrected chi connectivity index (χ2v) is 5.80. The molecule has 0 atom stereocenters. The Bertz CT molecular complexity index is 461. The Labute approximate surface area is 125 Å². The molecule has 1 amide bonds. The summed E-state index contributed by atoms with van der Waals surface area (Å²) in [6, 6.07) is 5.25. The fraction of sp³-hybridized carbons (Fsp3) is 0.462. The lowest BCUT2D eigenvalue weighted by Crippen LogP contribution is -2.42. The van der Waals surface area contributed by atoms with Gasteiger partial charge in [0.05, 0.1) is 11.1 Å². The van der Waals surface area contributed by atoms with Crippen molar-refractivity contribution in [2.75, 3.05) is 19.7 Å². The number of halogens is 2. The van der Waals surface area contributed by atoms with Crippen LogP contribution >= 0.6 is 27.5 Å². The molecule has 6 heteroatoms. The van der Waals surface area contributed by atoms with Gasteiger partial charge in [-0.05, 0) is 31.0 Å². The Hall–Kier alpha value is -0.780. The van der Waals surface area contributed by atoms with Gasteiger partial charge < -0.3 is 14.7 Å². The van der Waals surface area contributed by atoms with Gasteiger partial charge in [0, 0.05) is 17.6 Å². The topological polar surface area (TPSA) is 49.8 Å². The van der Waals surface area contributed by atoms with E-state index in [2.05, 4.69) is 15.9 Å². The Balaban J connectivity index is 1.86. The molecule has 0 radical (unpaired) electrons. The number of piperidine rings is 1. The first-order valence-electron chi connectivity index (χ1n) is 6.10. The zero-order valence-corrected chi connectivity index (χ0v) is 12.7. The van der Waals surface area contributed by atoms with E-state index in [1.807, 2.05) is 6.07 Å². The molecule has 1 aliphatic heterocycles. The summed E-state index contributed by atoms with van der Waals surface area (Å²) in [5.74, 6) is 0.418. The summed E-state index contributed by atoms with van der Waals surface area (Å²) < 4.78 is 6.29. The maximum atomic E-state index is 11.9. The van der Waals surface area contributed by atoms with Crippen molar-refractivity contribution in [3.8, 4) is 5.75 Å². The maximum absolute atomic E-state index is 11.9. The molecular formula is C13H15BrClNO3. The van der Waals surface area contributed by atoms with E-state index in [9.17, 15) is 9.90 Å². The number of ether oxygens (including phenoxy) is 1. The third-order valence-corrected chi connectivity index (χ3v) is 3.85. The number of amides is 1. The van der Waals surface area contributed by atoms with Crippen LogP contribution in [0.3, 0.4) is 0 Å². The van der Waals surface area contributed by atoms with Gasteiger partial charge in [-0.1, -0.05) is 27.5 Å². The van der Waals surface area contributed by atoms with Gasteiger partial charge in [-0.25, -0.2) is 0 Å². The lowest BCUT2D eigenvalue weighted by atomic mass is 10.1. The van der Waals surface area contributed by atoms with E-state index in [1.54, 1.807) is 17.0 Å². The first kappa shape index (κ1) is 14.6. The first-order valence-corrected chi connectivity index (χ1v) is 7.27. The number of aliphatic hydroxyl groups excluding tert-OH is 1. The molecule has 1 heterocycles. The van der Waals surface area contributed by atoms with Crippen LogP contribution in [0.2, 0.25) is 5.02 Å². The molecule has 1 saturated heterocycles. The summed E-state index contributed by atoms with van der Waals surface area (Å²) in [4.78, 5) is 13.6. The average molecular weight is 349 g/mol. The molecular weight excluding hydrogens is 334 g/mol. The number of carbonyl (C=O) groups excluding carboxylic acids is 1. The van der Waals surface area contributed by atoms with Crippen molar-refractivity contribution in [1.29, 1.82) is 0 Å². The van der Waals surface area contributed by atoms with E-state index in [0.29, 0.717) is 36.7 Å². The highest BCUT2D eigenvalue weighted by Gasteiger charge is 2.21. The van der Waals surface area contributed by atoms with Crippen molar-refractivity contribution in [3.63, 3.8) is 0 Å². The molecule has 0 saturated carbocycles. The summed E-state index contributed by atoms with van der Waals surface area (Å²) in [5, 5.41) is 9.86. The molecule has 0 aromatic heterocycles. The molecule has 1 N–H and O–H groups in total. The minimum atomic E-state index is -0.286. The van der Waals surface area contributed by atoms with Crippen LogP contribution < -0.4 is 4.74 Å². The van der Waals surface area contributed by atoms with Crippen molar-refractivity contribution < 1.29 is 14.6 Å². The van der Waals surface area contributed by atoms with Crippen molar-refractivity contribution in [1.82, 2.24) is 4.90 Å². The monoisotopic (exact) mass is 347 g/mol. The Morgan fingerprint density at radius 2 is 2.16 bits per heavy atom. The quantitative estimate of drug-likeness (QED) is 0.913. The number of benzene rings is 1. The van der Waals surface area contributed by atoms with E-state index in [1.165, 1.54) is 0 Å². The molecule has 4 nitrogen and oxygen atoms in total. The molecule has 0 unspecified atom stereocenters. The molecule has 1 aliphatic rings. The van der Waals surface area contributed by atoms with Gasteiger partial charge in [0.2, 0.25) is 0 Å². The lowest BCUT2D eigenvalue weighted by Gasteiger charge is -2.29. The largest absolute Gasteiger partial charge is 0.482 e. The number of carbonyl (C=O) groups is 1. The maximum Gasteiger partial charge on any atom is 0.260 e. The van der Waals surface area contributed by atoms with Crippen LogP contribution in [0.15, 0.2) is 22.7 Å². The molecule has 1 fully saturated rings. The smallest absolute Gasteiger partial charge is 0.260 e. The highest BCUT2D eigenvalue weighted by molar-refractivity contribution is 9.10.